The lowest BCUT2D eigenvalue weighted by Crippen LogP contribution is -2.47. The summed E-state index contributed by atoms with van der Waals surface area (Å²) < 4.78 is 6.71. The van der Waals surface area contributed by atoms with E-state index in [1.165, 1.54) is 24.8 Å². The lowest BCUT2D eigenvalue weighted by Gasteiger charge is -2.44. The molecule has 3 atom stereocenters. The van der Waals surface area contributed by atoms with E-state index in [4.69, 9.17) is 4.43 Å². The van der Waals surface area contributed by atoms with Gasteiger partial charge in [0.2, 0.25) is 0 Å². The van der Waals surface area contributed by atoms with Gasteiger partial charge in [-0.25, -0.2) is 0 Å². The fourth-order valence-electron chi connectivity index (χ4n) is 2.58. The average molecular weight is 347 g/mol. The largest absolute Gasteiger partial charge is 0.413 e. The van der Waals surface area contributed by atoms with Crippen LogP contribution in [0.2, 0.25) is 18.1 Å². The molecule has 0 spiro atoms. The quantitative estimate of drug-likeness (QED) is 0.357. The molecule has 112 valence electrons. The molecule has 1 fully saturated rings. The van der Waals surface area contributed by atoms with Gasteiger partial charge in [-0.1, -0.05) is 55.8 Å². The molecule has 1 aliphatic rings. The van der Waals surface area contributed by atoms with Crippen LogP contribution in [0.15, 0.2) is 12.2 Å². The van der Waals surface area contributed by atoms with Crippen molar-refractivity contribution in [3.8, 4) is 0 Å². The van der Waals surface area contributed by atoms with Gasteiger partial charge in [-0.15, -0.1) is 0 Å². The maximum atomic E-state index is 6.71. The van der Waals surface area contributed by atoms with Crippen molar-refractivity contribution in [3.63, 3.8) is 0 Å². The van der Waals surface area contributed by atoms with Crippen LogP contribution in [0.1, 0.15) is 47.0 Å². The monoisotopic (exact) mass is 346 g/mol. The van der Waals surface area contributed by atoms with E-state index in [0.717, 1.165) is 11.2 Å². The highest BCUT2D eigenvalue weighted by atomic mass is 79.9. The van der Waals surface area contributed by atoms with E-state index in [2.05, 4.69) is 63.3 Å². The van der Waals surface area contributed by atoms with E-state index < -0.39 is 8.32 Å². The molecule has 3 heteroatoms. The Bertz CT molecular complexity index is 319. The lowest BCUT2D eigenvalue weighted by molar-refractivity contribution is 0.0749. The number of hydrogen-bond donors (Lipinski definition) is 0. The average Bonchev–Trinajstić information content (AvgIpc) is 2.26. The molecule has 0 saturated heterocycles. The first-order valence-electron chi connectivity index (χ1n) is 7.50. The fraction of sp³-hybridized carbons (Fsp3) is 0.875. The molecule has 1 saturated carbocycles. The number of halogens is 1. The Morgan fingerprint density at radius 1 is 1.32 bits per heavy atom. The molecule has 1 nitrogen and oxygen atoms in total. The molecule has 0 N–H and O–H groups in total. The van der Waals surface area contributed by atoms with Crippen molar-refractivity contribution >= 4 is 24.2 Å². The summed E-state index contributed by atoms with van der Waals surface area (Å²) in [6.07, 6.45) is 4.14. The van der Waals surface area contributed by atoms with Gasteiger partial charge >= 0.3 is 0 Å². The van der Waals surface area contributed by atoms with Crippen molar-refractivity contribution in [2.75, 3.05) is 5.33 Å². The highest BCUT2D eigenvalue weighted by Crippen LogP contribution is 2.42. The standard InChI is InChI=1S/C16H31BrOSi/c1-12-8-9-14(13(2)11-17)15(10-12)18-19(6,7)16(3,4)5/h12,14-15H,2,8-11H2,1,3-7H3/t12-,14?,15-/m0/s1. The summed E-state index contributed by atoms with van der Waals surface area (Å²) >= 11 is 3.57. The van der Waals surface area contributed by atoms with Crippen molar-refractivity contribution in [3.05, 3.63) is 12.2 Å². The van der Waals surface area contributed by atoms with E-state index in [1.807, 2.05) is 0 Å². The molecule has 1 aliphatic carbocycles. The van der Waals surface area contributed by atoms with Crippen LogP contribution in [-0.4, -0.2) is 19.8 Å². The summed E-state index contributed by atoms with van der Waals surface area (Å²) in [5, 5.41) is 1.19. The van der Waals surface area contributed by atoms with Crippen LogP contribution in [0, 0.1) is 11.8 Å². The van der Waals surface area contributed by atoms with Crippen LogP contribution in [0.5, 0.6) is 0 Å². The predicted octanol–water partition coefficient (Wildman–Crippen LogP) is 5.76. The van der Waals surface area contributed by atoms with Crippen molar-refractivity contribution in [1.82, 2.24) is 0 Å². The molecule has 1 rings (SSSR count). The van der Waals surface area contributed by atoms with E-state index in [9.17, 15) is 0 Å². The zero-order valence-corrected chi connectivity index (χ0v) is 16.1. The van der Waals surface area contributed by atoms with Gasteiger partial charge in [-0.3, -0.25) is 0 Å². The van der Waals surface area contributed by atoms with Crippen LogP contribution in [0.4, 0.5) is 0 Å². The minimum atomic E-state index is -1.68. The van der Waals surface area contributed by atoms with E-state index in [1.54, 1.807) is 0 Å². The number of rotatable bonds is 4. The van der Waals surface area contributed by atoms with Crippen LogP contribution in [0.3, 0.4) is 0 Å². The third kappa shape index (κ3) is 4.43. The van der Waals surface area contributed by atoms with Gasteiger partial charge < -0.3 is 4.43 Å². The fourth-order valence-corrected chi connectivity index (χ4v) is 4.37. The van der Waals surface area contributed by atoms with Crippen molar-refractivity contribution < 1.29 is 4.43 Å². The van der Waals surface area contributed by atoms with Gasteiger partial charge in [0.05, 0.1) is 6.10 Å². The predicted molar refractivity (Wildman–Crippen MR) is 91.5 cm³/mol. The van der Waals surface area contributed by atoms with Crippen molar-refractivity contribution in [2.45, 2.75) is 71.2 Å². The minimum absolute atomic E-state index is 0.286. The maximum absolute atomic E-state index is 6.71. The maximum Gasteiger partial charge on any atom is 0.192 e. The molecule has 1 unspecified atom stereocenters. The first kappa shape index (κ1) is 17.4. The Kier molecular flexibility index (Phi) is 5.92. The second-order valence-electron chi connectivity index (χ2n) is 7.73. The Morgan fingerprint density at radius 2 is 1.89 bits per heavy atom. The summed E-state index contributed by atoms with van der Waals surface area (Å²) in [5.74, 6) is 1.33. The SMILES string of the molecule is C=C(CBr)C1CC[C@H](C)C[C@@H]1O[Si](C)(C)C(C)(C)C. The Balaban J connectivity index is 2.84. The van der Waals surface area contributed by atoms with Crippen LogP contribution >= 0.6 is 15.9 Å². The molecular weight excluding hydrogens is 316 g/mol. The third-order valence-electron chi connectivity index (χ3n) is 5.00. The van der Waals surface area contributed by atoms with Gasteiger partial charge in [-0.2, -0.15) is 0 Å². The van der Waals surface area contributed by atoms with Gasteiger partial charge in [0, 0.05) is 11.2 Å². The first-order valence-corrected chi connectivity index (χ1v) is 11.5. The van der Waals surface area contributed by atoms with Gasteiger partial charge in [0.25, 0.3) is 0 Å². The third-order valence-corrected chi connectivity index (χ3v) is 10.2. The van der Waals surface area contributed by atoms with Gasteiger partial charge in [0.15, 0.2) is 8.32 Å². The normalized spacial score (nSPS) is 29.3. The molecule has 0 aliphatic heterocycles. The molecule has 0 aromatic heterocycles. The van der Waals surface area contributed by atoms with Crippen LogP contribution in [-0.2, 0) is 4.43 Å². The van der Waals surface area contributed by atoms with E-state index in [0.29, 0.717) is 12.0 Å². The summed E-state index contributed by atoms with van der Waals surface area (Å²) in [6.45, 7) is 18.3. The first-order chi connectivity index (χ1) is 8.58. The second kappa shape index (κ2) is 6.44. The summed E-state index contributed by atoms with van der Waals surface area (Å²) in [6, 6.07) is 0. The van der Waals surface area contributed by atoms with E-state index in [-0.39, 0.29) is 5.04 Å². The molecule has 0 aromatic rings. The summed E-state index contributed by atoms with van der Waals surface area (Å²) in [4.78, 5) is 0. The smallest absolute Gasteiger partial charge is 0.192 e. The van der Waals surface area contributed by atoms with Crippen LogP contribution in [0.25, 0.3) is 0 Å². The van der Waals surface area contributed by atoms with Crippen molar-refractivity contribution in [1.29, 1.82) is 0 Å². The van der Waals surface area contributed by atoms with E-state index >= 15 is 0 Å². The molecule has 0 amide bonds. The Labute approximate surface area is 129 Å². The highest BCUT2D eigenvalue weighted by Gasteiger charge is 2.42. The molecule has 0 heterocycles. The van der Waals surface area contributed by atoms with Gasteiger partial charge in [-0.05, 0) is 43.3 Å². The summed E-state index contributed by atoms with van der Waals surface area (Å²) in [7, 11) is -1.68. The van der Waals surface area contributed by atoms with Crippen molar-refractivity contribution in [2.24, 2.45) is 11.8 Å². The minimum Gasteiger partial charge on any atom is -0.413 e. The van der Waals surface area contributed by atoms with Crippen LogP contribution < -0.4 is 0 Å². The topological polar surface area (TPSA) is 9.23 Å². The summed E-state index contributed by atoms with van der Waals surface area (Å²) in [5.41, 5.74) is 1.32. The molecule has 0 aromatic carbocycles. The number of hydrogen-bond acceptors (Lipinski definition) is 1. The Morgan fingerprint density at radius 3 is 2.37 bits per heavy atom. The zero-order valence-electron chi connectivity index (χ0n) is 13.6. The molecular formula is C16H31BrOSi. The highest BCUT2D eigenvalue weighted by molar-refractivity contribution is 9.09. The molecule has 0 radical (unpaired) electrons. The number of alkyl halides is 1. The lowest BCUT2D eigenvalue weighted by atomic mass is 9.78. The second-order valence-corrected chi connectivity index (χ2v) is 13.1. The van der Waals surface area contributed by atoms with Gasteiger partial charge in [0.1, 0.15) is 0 Å². The Hall–Kier alpha value is 0.397. The zero-order chi connectivity index (χ0) is 14.8. The molecule has 0 bridgehead atoms. The molecule has 19 heavy (non-hydrogen) atoms.